The predicted molar refractivity (Wildman–Crippen MR) is 113 cm³/mol. The van der Waals surface area contributed by atoms with Crippen LogP contribution in [0.4, 0.5) is 5.69 Å². The number of nitrogens with zero attached hydrogens (tertiary/aromatic N) is 1. The molecule has 1 aromatic rings. The number of hydrogen-bond acceptors (Lipinski definition) is 4. The van der Waals surface area contributed by atoms with Crippen LogP contribution in [0.15, 0.2) is 41.8 Å². The highest BCUT2D eigenvalue weighted by molar-refractivity contribution is 7.99. The normalized spacial score (nSPS) is 14.9. The van der Waals surface area contributed by atoms with E-state index in [1.807, 2.05) is 35.2 Å². The number of primary amides is 1. The number of amides is 2. The molecule has 1 aromatic carbocycles. The van der Waals surface area contributed by atoms with Crippen LogP contribution in [-0.4, -0.2) is 42.1 Å². The van der Waals surface area contributed by atoms with E-state index in [0.717, 1.165) is 29.3 Å². The second-order valence-corrected chi connectivity index (χ2v) is 8.18. The number of carbonyl (C=O) groups is 2. The highest BCUT2D eigenvalue weighted by atomic mass is 32.2. The Morgan fingerprint density at radius 3 is 2.67 bits per heavy atom. The summed E-state index contributed by atoms with van der Waals surface area (Å²) in [5, 5.41) is 2.97. The monoisotopic (exact) mass is 389 g/mol. The second kappa shape index (κ2) is 11.8. The van der Waals surface area contributed by atoms with E-state index in [1.54, 1.807) is 11.8 Å². The van der Waals surface area contributed by atoms with Crippen LogP contribution < -0.4 is 11.1 Å². The molecule has 0 unspecified atom stereocenters. The molecular weight excluding hydrogens is 358 g/mol. The smallest absolute Gasteiger partial charge is 0.238 e. The van der Waals surface area contributed by atoms with Gasteiger partial charge in [-0.3, -0.25) is 14.5 Å². The van der Waals surface area contributed by atoms with Crippen molar-refractivity contribution in [1.82, 2.24) is 4.90 Å². The molecule has 2 amide bonds. The lowest BCUT2D eigenvalue weighted by molar-refractivity contribution is -0.121. The van der Waals surface area contributed by atoms with Crippen LogP contribution in [0.25, 0.3) is 0 Å². The van der Waals surface area contributed by atoms with Crippen LogP contribution in [0.1, 0.15) is 38.5 Å². The minimum absolute atomic E-state index is 0.118. The summed E-state index contributed by atoms with van der Waals surface area (Å²) in [5.41, 5.74) is 6.18. The van der Waals surface area contributed by atoms with E-state index in [1.165, 1.54) is 32.1 Å². The highest BCUT2D eigenvalue weighted by Gasteiger charge is 2.18. The molecule has 0 radical (unpaired) electrons. The van der Waals surface area contributed by atoms with Gasteiger partial charge in [0.15, 0.2) is 0 Å². The molecule has 0 bridgehead atoms. The zero-order chi connectivity index (χ0) is 19.5. The van der Waals surface area contributed by atoms with Crippen molar-refractivity contribution >= 4 is 29.3 Å². The molecule has 5 nitrogen and oxygen atoms in total. The summed E-state index contributed by atoms with van der Waals surface area (Å²) in [6.07, 6.45) is 9.28. The van der Waals surface area contributed by atoms with E-state index in [9.17, 15) is 9.59 Å². The van der Waals surface area contributed by atoms with Gasteiger partial charge >= 0.3 is 0 Å². The first-order valence-electron chi connectivity index (χ1n) is 9.71. The third-order valence-electron chi connectivity index (χ3n) is 4.84. The van der Waals surface area contributed by atoms with Gasteiger partial charge in [0, 0.05) is 10.6 Å². The van der Waals surface area contributed by atoms with Crippen molar-refractivity contribution in [2.75, 3.05) is 30.7 Å². The largest absolute Gasteiger partial charge is 0.369 e. The summed E-state index contributed by atoms with van der Waals surface area (Å²) in [4.78, 5) is 26.8. The molecule has 0 aromatic heterocycles. The maximum absolute atomic E-state index is 12.5. The third kappa shape index (κ3) is 8.18. The highest BCUT2D eigenvalue weighted by Crippen LogP contribution is 2.27. The Labute approximate surface area is 166 Å². The van der Waals surface area contributed by atoms with Crippen LogP contribution >= 0.6 is 11.8 Å². The van der Waals surface area contributed by atoms with Gasteiger partial charge in [-0.2, -0.15) is 0 Å². The average Bonchev–Trinajstić information content (AvgIpc) is 2.66. The Kier molecular flexibility index (Phi) is 9.42. The van der Waals surface area contributed by atoms with Gasteiger partial charge in [-0.15, -0.1) is 18.3 Å². The zero-order valence-electron chi connectivity index (χ0n) is 16.0. The van der Waals surface area contributed by atoms with Gasteiger partial charge < -0.3 is 11.1 Å². The molecular formula is C21H31N3O2S. The number of thioether (sulfide) groups is 1. The molecule has 27 heavy (non-hydrogen) atoms. The van der Waals surface area contributed by atoms with Gasteiger partial charge in [-0.1, -0.05) is 50.3 Å². The number of nitrogens with one attached hydrogen (secondary N) is 1. The molecule has 0 atom stereocenters. The van der Waals surface area contributed by atoms with E-state index >= 15 is 0 Å². The Bertz CT molecular complexity index is 630. The SMILES string of the molecule is C=CCSc1ccccc1NC(=O)CN(CCC1CCCCC1)CC(N)=O. The molecule has 1 fully saturated rings. The minimum atomic E-state index is -0.395. The fourth-order valence-electron chi connectivity index (χ4n) is 3.51. The van der Waals surface area contributed by atoms with Gasteiger partial charge in [0.2, 0.25) is 11.8 Å². The topological polar surface area (TPSA) is 75.4 Å². The Hall–Kier alpha value is -1.79. The minimum Gasteiger partial charge on any atom is -0.369 e. The zero-order valence-corrected chi connectivity index (χ0v) is 16.8. The lowest BCUT2D eigenvalue weighted by Gasteiger charge is -2.26. The Morgan fingerprint density at radius 2 is 1.96 bits per heavy atom. The van der Waals surface area contributed by atoms with Crippen molar-refractivity contribution in [3.63, 3.8) is 0 Å². The molecule has 1 aliphatic carbocycles. The van der Waals surface area contributed by atoms with E-state index in [2.05, 4.69) is 11.9 Å². The second-order valence-electron chi connectivity index (χ2n) is 7.11. The van der Waals surface area contributed by atoms with Gasteiger partial charge in [0.05, 0.1) is 18.8 Å². The number of rotatable bonds is 11. The van der Waals surface area contributed by atoms with Gasteiger partial charge in [0.25, 0.3) is 0 Å². The maximum atomic E-state index is 12.5. The number of carbonyl (C=O) groups excluding carboxylic acids is 2. The van der Waals surface area contributed by atoms with Crippen molar-refractivity contribution in [1.29, 1.82) is 0 Å². The van der Waals surface area contributed by atoms with E-state index in [4.69, 9.17) is 5.73 Å². The molecule has 6 heteroatoms. The quantitative estimate of drug-likeness (QED) is 0.447. The summed E-state index contributed by atoms with van der Waals surface area (Å²) in [7, 11) is 0. The Balaban J connectivity index is 1.90. The average molecular weight is 390 g/mol. The van der Waals surface area contributed by atoms with Crippen molar-refractivity contribution in [2.45, 2.75) is 43.4 Å². The molecule has 1 saturated carbocycles. The maximum Gasteiger partial charge on any atom is 0.238 e. The van der Waals surface area contributed by atoms with Crippen LogP contribution in [-0.2, 0) is 9.59 Å². The van der Waals surface area contributed by atoms with Crippen molar-refractivity contribution in [3.8, 4) is 0 Å². The molecule has 148 valence electrons. The van der Waals surface area contributed by atoms with E-state index in [-0.39, 0.29) is 19.0 Å². The summed E-state index contributed by atoms with van der Waals surface area (Å²) in [6, 6.07) is 7.72. The summed E-state index contributed by atoms with van der Waals surface area (Å²) in [5.74, 6) is 0.968. The summed E-state index contributed by atoms with van der Waals surface area (Å²) >= 11 is 1.63. The summed E-state index contributed by atoms with van der Waals surface area (Å²) in [6.45, 7) is 4.76. The lowest BCUT2D eigenvalue weighted by atomic mass is 9.87. The number of para-hydroxylation sites is 1. The number of hydrogen-bond donors (Lipinski definition) is 2. The number of anilines is 1. The number of benzene rings is 1. The first-order chi connectivity index (χ1) is 13.1. The predicted octanol–water partition coefficient (Wildman–Crippen LogP) is 3.66. The van der Waals surface area contributed by atoms with Crippen LogP contribution in [0, 0.1) is 5.92 Å². The summed E-state index contributed by atoms with van der Waals surface area (Å²) < 4.78 is 0. The van der Waals surface area contributed by atoms with Crippen molar-refractivity contribution in [2.24, 2.45) is 11.7 Å². The van der Waals surface area contributed by atoms with Crippen LogP contribution in [0.3, 0.4) is 0 Å². The fraction of sp³-hybridized carbons (Fsp3) is 0.524. The van der Waals surface area contributed by atoms with Crippen molar-refractivity contribution < 1.29 is 9.59 Å². The molecule has 0 heterocycles. The Morgan fingerprint density at radius 1 is 1.22 bits per heavy atom. The van der Waals surface area contributed by atoms with Crippen LogP contribution in [0.2, 0.25) is 0 Å². The lowest BCUT2D eigenvalue weighted by Crippen LogP contribution is -2.40. The van der Waals surface area contributed by atoms with Crippen LogP contribution in [0.5, 0.6) is 0 Å². The molecule has 0 saturated heterocycles. The first-order valence-corrected chi connectivity index (χ1v) is 10.7. The molecule has 2 rings (SSSR count). The van der Waals surface area contributed by atoms with Crippen molar-refractivity contribution in [3.05, 3.63) is 36.9 Å². The fourth-order valence-corrected chi connectivity index (χ4v) is 4.26. The molecule has 1 aliphatic rings. The molecule has 0 aliphatic heterocycles. The van der Waals surface area contributed by atoms with Gasteiger partial charge in [0.1, 0.15) is 0 Å². The molecule has 3 N–H and O–H groups in total. The first kappa shape index (κ1) is 21.5. The third-order valence-corrected chi connectivity index (χ3v) is 5.91. The number of nitrogens with two attached hydrogens (primary N) is 1. The van der Waals surface area contributed by atoms with Gasteiger partial charge in [-0.25, -0.2) is 0 Å². The van der Waals surface area contributed by atoms with E-state index < -0.39 is 5.91 Å². The van der Waals surface area contributed by atoms with E-state index in [0.29, 0.717) is 5.92 Å². The molecule has 0 spiro atoms. The standard InChI is InChI=1S/C21H31N3O2S/c1-2-14-27-19-11-7-6-10-18(19)23-21(26)16-24(15-20(22)25)13-12-17-8-4-3-5-9-17/h2,6-7,10-11,17H,1,3-5,8-9,12-16H2,(H2,22,25)(H,23,26). The van der Waals surface area contributed by atoms with Gasteiger partial charge in [-0.05, 0) is 31.0 Å².